The lowest BCUT2D eigenvalue weighted by molar-refractivity contribution is -0.135. The van der Waals surface area contributed by atoms with E-state index in [2.05, 4.69) is 4.90 Å². The summed E-state index contributed by atoms with van der Waals surface area (Å²) >= 11 is 0. The highest BCUT2D eigenvalue weighted by atomic mass is 16.2. The maximum atomic E-state index is 12.4. The lowest BCUT2D eigenvalue weighted by Gasteiger charge is -2.43. The lowest BCUT2D eigenvalue weighted by Crippen LogP contribution is -2.54. The molecule has 20 heavy (non-hydrogen) atoms. The van der Waals surface area contributed by atoms with E-state index < -0.39 is 6.04 Å². The SMILES string of the molecule is NC(C(=O)N1CCN(C2CCC2)CC1)c1ccccc1. The molecule has 1 saturated heterocycles. The highest BCUT2D eigenvalue weighted by Gasteiger charge is 2.31. The van der Waals surface area contributed by atoms with Crippen molar-refractivity contribution in [3.8, 4) is 0 Å². The van der Waals surface area contributed by atoms with Gasteiger partial charge in [0.1, 0.15) is 6.04 Å². The van der Waals surface area contributed by atoms with Gasteiger partial charge in [-0.25, -0.2) is 0 Å². The quantitative estimate of drug-likeness (QED) is 0.905. The topological polar surface area (TPSA) is 49.6 Å². The monoisotopic (exact) mass is 273 g/mol. The smallest absolute Gasteiger partial charge is 0.244 e. The van der Waals surface area contributed by atoms with Gasteiger partial charge in [-0.15, -0.1) is 0 Å². The normalized spacial score (nSPS) is 22.4. The largest absolute Gasteiger partial charge is 0.338 e. The van der Waals surface area contributed by atoms with Crippen LogP contribution in [-0.2, 0) is 4.79 Å². The van der Waals surface area contributed by atoms with Crippen molar-refractivity contribution in [2.24, 2.45) is 5.73 Å². The van der Waals surface area contributed by atoms with Gasteiger partial charge in [0.2, 0.25) is 5.91 Å². The van der Waals surface area contributed by atoms with Crippen molar-refractivity contribution in [1.29, 1.82) is 0 Å². The van der Waals surface area contributed by atoms with E-state index in [0.29, 0.717) is 0 Å². The number of piperazine rings is 1. The second-order valence-corrected chi connectivity index (χ2v) is 5.83. The van der Waals surface area contributed by atoms with Gasteiger partial charge in [0.05, 0.1) is 0 Å². The third kappa shape index (κ3) is 2.72. The zero-order valence-electron chi connectivity index (χ0n) is 11.9. The maximum Gasteiger partial charge on any atom is 0.244 e. The third-order valence-corrected chi connectivity index (χ3v) is 4.64. The lowest BCUT2D eigenvalue weighted by atomic mass is 9.91. The number of hydrogen-bond donors (Lipinski definition) is 1. The van der Waals surface area contributed by atoms with Gasteiger partial charge in [0, 0.05) is 32.2 Å². The number of nitrogens with two attached hydrogens (primary N) is 1. The fourth-order valence-corrected chi connectivity index (χ4v) is 3.06. The summed E-state index contributed by atoms with van der Waals surface area (Å²) in [5.41, 5.74) is 7.00. The summed E-state index contributed by atoms with van der Waals surface area (Å²) in [5.74, 6) is 0.0597. The average Bonchev–Trinajstić information content (AvgIpc) is 2.46. The van der Waals surface area contributed by atoms with Gasteiger partial charge >= 0.3 is 0 Å². The van der Waals surface area contributed by atoms with Crippen molar-refractivity contribution in [3.05, 3.63) is 35.9 Å². The molecule has 2 fully saturated rings. The average molecular weight is 273 g/mol. The van der Waals surface area contributed by atoms with Gasteiger partial charge in [-0.1, -0.05) is 36.8 Å². The molecule has 0 radical (unpaired) electrons. The molecule has 1 amide bonds. The summed E-state index contributed by atoms with van der Waals surface area (Å²) in [6.07, 6.45) is 4.03. The van der Waals surface area contributed by atoms with Crippen LogP contribution in [0, 0.1) is 0 Å². The second kappa shape index (κ2) is 5.94. The van der Waals surface area contributed by atoms with E-state index in [1.54, 1.807) is 0 Å². The van der Waals surface area contributed by atoms with E-state index >= 15 is 0 Å². The molecule has 1 aromatic carbocycles. The number of carbonyl (C=O) groups is 1. The highest BCUT2D eigenvalue weighted by Crippen LogP contribution is 2.26. The molecular weight excluding hydrogens is 250 g/mol. The number of benzene rings is 1. The summed E-state index contributed by atoms with van der Waals surface area (Å²) < 4.78 is 0. The van der Waals surface area contributed by atoms with Crippen LogP contribution in [0.4, 0.5) is 0 Å². The first kappa shape index (κ1) is 13.6. The predicted octanol–water partition coefficient (Wildman–Crippen LogP) is 1.38. The summed E-state index contributed by atoms with van der Waals surface area (Å²) in [5, 5.41) is 0. The van der Waals surface area contributed by atoms with Crippen molar-refractivity contribution < 1.29 is 4.79 Å². The number of nitrogens with zero attached hydrogens (tertiary/aromatic N) is 2. The van der Waals surface area contributed by atoms with Crippen LogP contribution in [0.2, 0.25) is 0 Å². The Hall–Kier alpha value is -1.39. The van der Waals surface area contributed by atoms with E-state index in [-0.39, 0.29) is 5.91 Å². The van der Waals surface area contributed by atoms with Gasteiger partial charge in [0.15, 0.2) is 0 Å². The van der Waals surface area contributed by atoms with E-state index in [1.165, 1.54) is 19.3 Å². The molecule has 1 atom stereocenters. The molecule has 1 saturated carbocycles. The van der Waals surface area contributed by atoms with Crippen LogP contribution in [0.3, 0.4) is 0 Å². The van der Waals surface area contributed by atoms with Crippen molar-refractivity contribution in [3.63, 3.8) is 0 Å². The van der Waals surface area contributed by atoms with Crippen LogP contribution in [0.1, 0.15) is 30.9 Å². The Kier molecular flexibility index (Phi) is 4.03. The fourth-order valence-electron chi connectivity index (χ4n) is 3.06. The van der Waals surface area contributed by atoms with Crippen molar-refractivity contribution in [2.45, 2.75) is 31.3 Å². The Morgan fingerprint density at radius 2 is 1.75 bits per heavy atom. The van der Waals surface area contributed by atoms with E-state index in [1.807, 2.05) is 35.2 Å². The van der Waals surface area contributed by atoms with Gasteiger partial charge in [-0.05, 0) is 18.4 Å². The molecule has 0 aromatic heterocycles. The maximum absolute atomic E-state index is 12.4. The minimum absolute atomic E-state index is 0.0597. The molecular formula is C16H23N3O. The Labute approximate surface area is 120 Å². The van der Waals surface area contributed by atoms with Gasteiger partial charge in [-0.3, -0.25) is 9.69 Å². The number of rotatable bonds is 3. The Morgan fingerprint density at radius 1 is 1.10 bits per heavy atom. The number of hydrogen-bond acceptors (Lipinski definition) is 3. The third-order valence-electron chi connectivity index (χ3n) is 4.64. The van der Waals surface area contributed by atoms with Crippen LogP contribution in [0.5, 0.6) is 0 Å². The second-order valence-electron chi connectivity index (χ2n) is 5.83. The standard InChI is InChI=1S/C16H23N3O/c17-15(13-5-2-1-3-6-13)16(20)19-11-9-18(10-12-19)14-7-4-8-14/h1-3,5-6,14-15H,4,7-12,17H2. The first-order valence-electron chi connectivity index (χ1n) is 7.59. The summed E-state index contributed by atoms with van der Waals surface area (Å²) in [4.78, 5) is 16.9. The van der Waals surface area contributed by atoms with Crippen LogP contribution >= 0.6 is 0 Å². The number of amides is 1. The molecule has 1 aliphatic carbocycles. The zero-order chi connectivity index (χ0) is 13.9. The predicted molar refractivity (Wildman–Crippen MR) is 79.2 cm³/mol. The molecule has 0 spiro atoms. The summed E-state index contributed by atoms with van der Waals surface area (Å²) in [6.45, 7) is 3.63. The molecule has 3 rings (SSSR count). The zero-order valence-corrected chi connectivity index (χ0v) is 11.9. The van der Waals surface area contributed by atoms with Gasteiger partial charge < -0.3 is 10.6 Å². The Bertz CT molecular complexity index is 450. The fraction of sp³-hybridized carbons (Fsp3) is 0.562. The molecule has 2 N–H and O–H groups in total. The summed E-state index contributed by atoms with van der Waals surface area (Å²) in [7, 11) is 0. The first-order chi connectivity index (χ1) is 9.75. The van der Waals surface area contributed by atoms with Crippen molar-refractivity contribution >= 4 is 5.91 Å². The molecule has 1 heterocycles. The molecule has 2 aliphatic rings. The molecule has 1 aliphatic heterocycles. The minimum atomic E-state index is -0.522. The van der Waals surface area contributed by atoms with Crippen LogP contribution in [0.25, 0.3) is 0 Å². The molecule has 0 bridgehead atoms. The van der Waals surface area contributed by atoms with E-state index in [9.17, 15) is 4.79 Å². The Morgan fingerprint density at radius 3 is 2.30 bits per heavy atom. The molecule has 108 valence electrons. The molecule has 1 aromatic rings. The first-order valence-corrected chi connectivity index (χ1v) is 7.59. The summed E-state index contributed by atoms with van der Waals surface area (Å²) in [6, 6.07) is 9.90. The van der Waals surface area contributed by atoms with Gasteiger partial charge in [0.25, 0.3) is 0 Å². The van der Waals surface area contributed by atoms with Crippen LogP contribution in [0.15, 0.2) is 30.3 Å². The van der Waals surface area contributed by atoms with Crippen molar-refractivity contribution in [1.82, 2.24) is 9.80 Å². The highest BCUT2D eigenvalue weighted by molar-refractivity contribution is 5.83. The van der Waals surface area contributed by atoms with E-state index in [4.69, 9.17) is 5.73 Å². The van der Waals surface area contributed by atoms with Gasteiger partial charge in [-0.2, -0.15) is 0 Å². The minimum Gasteiger partial charge on any atom is -0.338 e. The van der Waals surface area contributed by atoms with Crippen molar-refractivity contribution in [2.75, 3.05) is 26.2 Å². The Balaban J connectivity index is 1.56. The van der Waals surface area contributed by atoms with E-state index in [0.717, 1.165) is 37.8 Å². The number of carbonyl (C=O) groups excluding carboxylic acids is 1. The molecule has 1 unspecified atom stereocenters. The van der Waals surface area contributed by atoms with Crippen LogP contribution < -0.4 is 5.73 Å². The van der Waals surface area contributed by atoms with Crippen LogP contribution in [-0.4, -0.2) is 47.9 Å². The molecule has 4 nitrogen and oxygen atoms in total. The molecule has 4 heteroatoms.